The fourth-order valence-corrected chi connectivity index (χ4v) is 1.18. The first-order chi connectivity index (χ1) is 6.74. The normalized spacial score (nSPS) is 13.4. The Morgan fingerprint density at radius 3 is 2.71 bits per heavy atom. The second-order valence-corrected chi connectivity index (χ2v) is 3.22. The zero-order valence-corrected chi connectivity index (χ0v) is 8.27. The summed E-state index contributed by atoms with van der Waals surface area (Å²) < 4.78 is 0. The molecule has 0 aromatic heterocycles. The molecule has 72 valence electrons. The Morgan fingerprint density at radius 2 is 2.14 bits per heavy atom. The highest BCUT2D eigenvalue weighted by Crippen LogP contribution is 2.11. The molecule has 0 radical (unpaired) electrons. The summed E-state index contributed by atoms with van der Waals surface area (Å²) in [5.74, 6) is 2.44. The van der Waals surface area contributed by atoms with E-state index in [1.165, 1.54) is 0 Å². The van der Waals surface area contributed by atoms with Crippen LogP contribution in [0.3, 0.4) is 0 Å². The molecule has 0 aliphatic heterocycles. The van der Waals surface area contributed by atoms with E-state index in [4.69, 9.17) is 6.42 Å². The van der Waals surface area contributed by atoms with Gasteiger partial charge in [-0.15, -0.1) is 12.3 Å². The molecule has 0 aliphatic rings. The molecule has 1 aromatic carbocycles. The third-order valence-corrected chi connectivity index (χ3v) is 2.03. The summed E-state index contributed by atoms with van der Waals surface area (Å²) in [6, 6.07) is 9.88. The highest BCUT2D eigenvalue weighted by molar-refractivity contribution is 5.53. The standard InChI is InChI=1S/C13H14O/c1-3-7-13(14)11(2)10-12-8-5-4-6-9-12/h1,4-6,8-10,13-14H,7H2,2H3/b11-10-/t13-/m0/s1. The number of aliphatic hydroxyl groups excluding tert-OH is 1. The van der Waals surface area contributed by atoms with Gasteiger partial charge in [0, 0.05) is 6.42 Å². The Morgan fingerprint density at radius 1 is 1.50 bits per heavy atom. The molecule has 1 aromatic rings. The van der Waals surface area contributed by atoms with Crippen molar-refractivity contribution in [3.05, 3.63) is 41.5 Å². The lowest BCUT2D eigenvalue weighted by atomic mass is 10.1. The lowest BCUT2D eigenvalue weighted by Gasteiger charge is -2.07. The number of terminal acetylenes is 1. The fourth-order valence-electron chi connectivity index (χ4n) is 1.18. The predicted octanol–water partition coefficient (Wildman–Crippen LogP) is 2.47. The van der Waals surface area contributed by atoms with E-state index in [1.807, 2.05) is 43.3 Å². The molecular weight excluding hydrogens is 172 g/mol. The van der Waals surface area contributed by atoms with Crippen molar-refractivity contribution in [3.63, 3.8) is 0 Å². The Bertz CT molecular complexity index is 343. The summed E-state index contributed by atoms with van der Waals surface area (Å²) in [6.07, 6.45) is 6.91. The van der Waals surface area contributed by atoms with E-state index in [1.54, 1.807) is 0 Å². The van der Waals surface area contributed by atoms with Gasteiger partial charge in [-0.1, -0.05) is 36.4 Å². The van der Waals surface area contributed by atoms with Gasteiger partial charge in [-0.05, 0) is 18.1 Å². The molecule has 0 amide bonds. The summed E-state index contributed by atoms with van der Waals surface area (Å²) in [5.41, 5.74) is 1.98. The van der Waals surface area contributed by atoms with Gasteiger partial charge in [-0.2, -0.15) is 0 Å². The van der Waals surface area contributed by atoms with Gasteiger partial charge in [0.2, 0.25) is 0 Å². The molecule has 0 spiro atoms. The van der Waals surface area contributed by atoms with Crippen molar-refractivity contribution in [1.29, 1.82) is 0 Å². The SMILES string of the molecule is C#CC[C@H](O)/C(C)=C\c1ccccc1. The predicted molar refractivity (Wildman–Crippen MR) is 59.5 cm³/mol. The van der Waals surface area contributed by atoms with Gasteiger partial charge in [-0.25, -0.2) is 0 Å². The van der Waals surface area contributed by atoms with Gasteiger partial charge in [0.05, 0.1) is 6.10 Å². The molecule has 1 N–H and O–H groups in total. The van der Waals surface area contributed by atoms with Gasteiger partial charge < -0.3 is 5.11 Å². The number of aliphatic hydroxyl groups is 1. The van der Waals surface area contributed by atoms with Crippen LogP contribution in [0.25, 0.3) is 6.08 Å². The van der Waals surface area contributed by atoms with Crippen LogP contribution in [0.4, 0.5) is 0 Å². The maximum Gasteiger partial charge on any atom is 0.0859 e. The van der Waals surface area contributed by atoms with E-state index in [0.29, 0.717) is 6.42 Å². The Hall–Kier alpha value is -1.52. The zero-order valence-electron chi connectivity index (χ0n) is 8.27. The molecule has 0 aliphatic carbocycles. The lowest BCUT2D eigenvalue weighted by molar-refractivity contribution is 0.218. The van der Waals surface area contributed by atoms with E-state index < -0.39 is 6.10 Å². The third kappa shape index (κ3) is 3.08. The van der Waals surface area contributed by atoms with Crippen molar-refractivity contribution < 1.29 is 5.11 Å². The molecule has 0 heterocycles. The fraction of sp³-hybridized carbons (Fsp3) is 0.231. The van der Waals surface area contributed by atoms with E-state index in [2.05, 4.69) is 5.92 Å². The first-order valence-electron chi connectivity index (χ1n) is 4.59. The average molecular weight is 186 g/mol. The summed E-state index contributed by atoms with van der Waals surface area (Å²) in [5, 5.41) is 9.57. The molecule has 0 saturated carbocycles. The molecule has 1 heteroatoms. The van der Waals surface area contributed by atoms with Gasteiger partial charge in [0.25, 0.3) is 0 Å². The summed E-state index contributed by atoms with van der Waals surface area (Å²) >= 11 is 0. The van der Waals surface area contributed by atoms with Gasteiger partial charge in [-0.3, -0.25) is 0 Å². The number of hydrogen-bond donors (Lipinski definition) is 1. The Balaban J connectivity index is 2.74. The first kappa shape index (κ1) is 10.6. The molecule has 14 heavy (non-hydrogen) atoms. The minimum atomic E-state index is -0.528. The van der Waals surface area contributed by atoms with Crippen molar-refractivity contribution >= 4 is 6.08 Å². The maximum atomic E-state index is 9.57. The highest BCUT2D eigenvalue weighted by atomic mass is 16.3. The van der Waals surface area contributed by atoms with Crippen molar-refractivity contribution in [3.8, 4) is 12.3 Å². The van der Waals surface area contributed by atoms with Crippen LogP contribution in [0.15, 0.2) is 35.9 Å². The summed E-state index contributed by atoms with van der Waals surface area (Å²) in [4.78, 5) is 0. The average Bonchev–Trinajstić information content (AvgIpc) is 2.19. The highest BCUT2D eigenvalue weighted by Gasteiger charge is 2.03. The molecule has 0 bridgehead atoms. The largest absolute Gasteiger partial charge is 0.388 e. The lowest BCUT2D eigenvalue weighted by Crippen LogP contribution is -2.06. The van der Waals surface area contributed by atoms with Crippen molar-refractivity contribution in [2.75, 3.05) is 0 Å². The molecular formula is C13H14O. The smallest absolute Gasteiger partial charge is 0.0859 e. The third-order valence-electron chi connectivity index (χ3n) is 2.03. The molecule has 0 saturated heterocycles. The number of benzene rings is 1. The number of rotatable bonds is 3. The molecule has 0 unspecified atom stereocenters. The van der Waals surface area contributed by atoms with Gasteiger partial charge in [0.1, 0.15) is 0 Å². The summed E-state index contributed by atoms with van der Waals surface area (Å²) in [6.45, 7) is 1.88. The van der Waals surface area contributed by atoms with Gasteiger partial charge >= 0.3 is 0 Å². The molecule has 1 rings (SSSR count). The van der Waals surface area contributed by atoms with E-state index in [-0.39, 0.29) is 0 Å². The minimum Gasteiger partial charge on any atom is -0.388 e. The second kappa shape index (κ2) is 5.26. The van der Waals surface area contributed by atoms with Crippen LogP contribution >= 0.6 is 0 Å². The molecule has 0 fully saturated rings. The topological polar surface area (TPSA) is 20.2 Å². The monoisotopic (exact) mass is 186 g/mol. The van der Waals surface area contributed by atoms with E-state index in [0.717, 1.165) is 11.1 Å². The Kier molecular flexibility index (Phi) is 3.97. The van der Waals surface area contributed by atoms with Crippen LogP contribution in [0, 0.1) is 12.3 Å². The van der Waals surface area contributed by atoms with Crippen molar-refractivity contribution in [1.82, 2.24) is 0 Å². The van der Waals surface area contributed by atoms with Crippen LogP contribution in [-0.2, 0) is 0 Å². The molecule has 1 atom stereocenters. The van der Waals surface area contributed by atoms with Crippen LogP contribution in [0.2, 0.25) is 0 Å². The Labute approximate surface area is 85.1 Å². The van der Waals surface area contributed by atoms with Crippen molar-refractivity contribution in [2.24, 2.45) is 0 Å². The zero-order chi connectivity index (χ0) is 10.4. The minimum absolute atomic E-state index is 0.370. The van der Waals surface area contributed by atoms with Crippen LogP contribution in [-0.4, -0.2) is 11.2 Å². The number of hydrogen-bond acceptors (Lipinski definition) is 1. The molecule has 1 nitrogen and oxygen atoms in total. The van der Waals surface area contributed by atoms with Crippen LogP contribution < -0.4 is 0 Å². The van der Waals surface area contributed by atoms with E-state index in [9.17, 15) is 5.11 Å². The van der Waals surface area contributed by atoms with Crippen LogP contribution in [0.1, 0.15) is 18.9 Å². The summed E-state index contributed by atoms with van der Waals surface area (Å²) in [7, 11) is 0. The maximum absolute atomic E-state index is 9.57. The van der Waals surface area contributed by atoms with Crippen LogP contribution in [0.5, 0.6) is 0 Å². The van der Waals surface area contributed by atoms with Crippen molar-refractivity contribution in [2.45, 2.75) is 19.4 Å². The second-order valence-electron chi connectivity index (χ2n) is 3.22. The quantitative estimate of drug-likeness (QED) is 0.719. The van der Waals surface area contributed by atoms with Gasteiger partial charge in [0.15, 0.2) is 0 Å². The van der Waals surface area contributed by atoms with E-state index >= 15 is 0 Å². The first-order valence-corrected chi connectivity index (χ1v) is 4.59.